The Morgan fingerprint density at radius 3 is 3.25 bits per heavy atom. The molecule has 1 unspecified atom stereocenters. The number of nitrogens with zero attached hydrogens (tertiary/aromatic N) is 1. The fourth-order valence-electron chi connectivity index (χ4n) is 1.59. The molecule has 0 aromatic carbocycles. The molecule has 1 aliphatic rings. The molecular weight excluding hydrogens is 222 g/mol. The molecule has 0 spiro atoms. The van der Waals surface area contributed by atoms with E-state index in [1.54, 1.807) is 24.2 Å². The average molecular weight is 237 g/mol. The summed E-state index contributed by atoms with van der Waals surface area (Å²) in [5.74, 6) is 1.78. The highest BCUT2D eigenvalue weighted by Crippen LogP contribution is 2.13. The second-order valence-corrected chi connectivity index (χ2v) is 4.82. The second kappa shape index (κ2) is 5.32. The molecule has 1 amide bonds. The third kappa shape index (κ3) is 2.74. The third-order valence-electron chi connectivity index (χ3n) is 2.58. The van der Waals surface area contributed by atoms with Gasteiger partial charge in [0.25, 0.3) is 0 Å². The topological polar surface area (TPSA) is 54.0 Å². The van der Waals surface area contributed by atoms with Crippen molar-refractivity contribution in [1.29, 1.82) is 0 Å². The molecule has 1 saturated heterocycles. The Hall–Kier alpha value is -1.07. The highest BCUT2D eigenvalue weighted by Gasteiger charge is 2.23. The number of pyridine rings is 1. The highest BCUT2D eigenvalue weighted by molar-refractivity contribution is 7.99. The summed E-state index contributed by atoms with van der Waals surface area (Å²) >= 11 is 1.75. The molecule has 1 fully saturated rings. The van der Waals surface area contributed by atoms with Gasteiger partial charge in [-0.15, -0.1) is 11.8 Å². The first-order valence-electron chi connectivity index (χ1n) is 5.29. The van der Waals surface area contributed by atoms with Crippen LogP contribution in [0.15, 0.2) is 24.5 Å². The Kier molecular flexibility index (Phi) is 3.79. The molecule has 1 aromatic heterocycles. The van der Waals surface area contributed by atoms with Crippen LogP contribution in [-0.4, -0.2) is 28.6 Å². The Morgan fingerprint density at radius 1 is 1.75 bits per heavy atom. The molecule has 2 atom stereocenters. The van der Waals surface area contributed by atoms with Gasteiger partial charge in [-0.25, -0.2) is 0 Å². The van der Waals surface area contributed by atoms with Crippen molar-refractivity contribution < 1.29 is 4.79 Å². The van der Waals surface area contributed by atoms with E-state index in [1.807, 2.05) is 19.1 Å². The number of aromatic nitrogens is 1. The summed E-state index contributed by atoms with van der Waals surface area (Å²) in [7, 11) is 0. The van der Waals surface area contributed by atoms with Crippen molar-refractivity contribution in [1.82, 2.24) is 15.6 Å². The first-order valence-corrected chi connectivity index (χ1v) is 6.44. The molecule has 2 rings (SSSR count). The van der Waals surface area contributed by atoms with Gasteiger partial charge in [0.05, 0.1) is 12.1 Å². The van der Waals surface area contributed by atoms with Crippen LogP contribution in [0.3, 0.4) is 0 Å². The van der Waals surface area contributed by atoms with Gasteiger partial charge in [0, 0.05) is 24.0 Å². The summed E-state index contributed by atoms with van der Waals surface area (Å²) in [5.41, 5.74) is 1.03. The summed E-state index contributed by atoms with van der Waals surface area (Å²) in [4.78, 5) is 15.9. The van der Waals surface area contributed by atoms with Gasteiger partial charge in [-0.3, -0.25) is 15.1 Å². The monoisotopic (exact) mass is 237 g/mol. The van der Waals surface area contributed by atoms with Crippen LogP contribution in [-0.2, 0) is 4.79 Å². The Balaban J connectivity index is 1.92. The molecule has 0 aliphatic carbocycles. The van der Waals surface area contributed by atoms with E-state index in [1.165, 1.54) is 0 Å². The minimum atomic E-state index is -0.0517. The smallest absolute Gasteiger partial charge is 0.238 e. The molecule has 5 heteroatoms. The zero-order valence-electron chi connectivity index (χ0n) is 9.14. The number of hydrogen-bond acceptors (Lipinski definition) is 4. The average Bonchev–Trinajstić information content (AvgIpc) is 2.83. The van der Waals surface area contributed by atoms with E-state index in [2.05, 4.69) is 15.6 Å². The lowest BCUT2D eigenvalue weighted by atomic mass is 10.1. The number of amides is 1. The lowest BCUT2D eigenvalue weighted by Crippen LogP contribution is -2.42. The van der Waals surface area contributed by atoms with E-state index >= 15 is 0 Å². The van der Waals surface area contributed by atoms with E-state index in [0.29, 0.717) is 0 Å². The van der Waals surface area contributed by atoms with E-state index < -0.39 is 0 Å². The Bertz CT molecular complexity index is 352. The van der Waals surface area contributed by atoms with Crippen LogP contribution in [0.2, 0.25) is 0 Å². The molecule has 0 saturated carbocycles. The first-order chi connectivity index (χ1) is 7.77. The summed E-state index contributed by atoms with van der Waals surface area (Å²) in [6.07, 6.45) is 3.51. The number of carbonyl (C=O) groups is 1. The van der Waals surface area contributed by atoms with E-state index in [4.69, 9.17) is 0 Å². The SMILES string of the molecule is C[C@H](NC(=O)C1CSCN1)c1cccnc1. The van der Waals surface area contributed by atoms with Gasteiger partial charge >= 0.3 is 0 Å². The molecule has 16 heavy (non-hydrogen) atoms. The predicted octanol–water partition coefficient (Wildman–Crippen LogP) is 0.921. The van der Waals surface area contributed by atoms with Gasteiger partial charge in [0.1, 0.15) is 0 Å². The maximum absolute atomic E-state index is 11.8. The fourth-order valence-corrected chi connectivity index (χ4v) is 2.53. The van der Waals surface area contributed by atoms with E-state index in [-0.39, 0.29) is 18.0 Å². The number of hydrogen-bond donors (Lipinski definition) is 2. The van der Waals surface area contributed by atoms with Crippen molar-refractivity contribution in [2.45, 2.75) is 19.0 Å². The van der Waals surface area contributed by atoms with Crippen molar-refractivity contribution >= 4 is 17.7 Å². The summed E-state index contributed by atoms with van der Waals surface area (Å²) < 4.78 is 0. The quantitative estimate of drug-likeness (QED) is 0.821. The Morgan fingerprint density at radius 2 is 2.62 bits per heavy atom. The fraction of sp³-hybridized carbons (Fsp3) is 0.455. The van der Waals surface area contributed by atoms with Crippen LogP contribution >= 0.6 is 11.8 Å². The van der Waals surface area contributed by atoms with E-state index in [0.717, 1.165) is 17.2 Å². The van der Waals surface area contributed by atoms with Crippen LogP contribution in [0, 0.1) is 0 Å². The summed E-state index contributed by atoms with van der Waals surface area (Å²) in [5, 5.41) is 6.13. The van der Waals surface area contributed by atoms with Crippen molar-refractivity contribution in [2.75, 3.05) is 11.6 Å². The molecule has 2 N–H and O–H groups in total. The minimum absolute atomic E-state index is 0.00796. The summed E-state index contributed by atoms with van der Waals surface area (Å²) in [6, 6.07) is 3.80. The normalized spacial score (nSPS) is 21.7. The zero-order valence-corrected chi connectivity index (χ0v) is 9.96. The van der Waals surface area contributed by atoms with Crippen LogP contribution in [0.4, 0.5) is 0 Å². The molecule has 1 aliphatic heterocycles. The first kappa shape index (κ1) is 11.4. The minimum Gasteiger partial charge on any atom is -0.348 e. The van der Waals surface area contributed by atoms with Gasteiger partial charge in [0.2, 0.25) is 5.91 Å². The van der Waals surface area contributed by atoms with Crippen molar-refractivity contribution in [3.05, 3.63) is 30.1 Å². The molecule has 4 nitrogen and oxygen atoms in total. The lowest BCUT2D eigenvalue weighted by molar-refractivity contribution is -0.123. The van der Waals surface area contributed by atoms with Crippen molar-refractivity contribution in [3.8, 4) is 0 Å². The predicted molar refractivity (Wildman–Crippen MR) is 65.0 cm³/mol. The summed E-state index contributed by atoms with van der Waals surface area (Å²) in [6.45, 7) is 1.97. The molecule has 0 bridgehead atoms. The lowest BCUT2D eigenvalue weighted by Gasteiger charge is -2.16. The van der Waals surface area contributed by atoms with Gasteiger partial charge in [-0.2, -0.15) is 0 Å². The highest BCUT2D eigenvalue weighted by atomic mass is 32.2. The van der Waals surface area contributed by atoms with Crippen LogP contribution in [0.1, 0.15) is 18.5 Å². The van der Waals surface area contributed by atoms with Gasteiger partial charge in [-0.05, 0) is 18.6 Å². The van der Waals surface area contributed by atoms with Crippen LogP contribution < -0.4 is 10.6 Å². The zero-order chi connectivity index (χ0) is 11.4. The number of nitrogens with one attached hydrogen (secondary N) is 2. The maximum atomic E-state index is 11.8. The largest absolute Gasteiger partial charge is 0.348 e. The number of rotatable bonds is 3. The Labute approximate surface area is 99.2 Å². The van der Waals surface area contributed by atoms with Gasteiger partial charge in [0.15, 0.2) is 0 Å². The number of carbonyl (C=O) groups excluding carboxylic acids is 1. The standard InChI is InChI=1S/C11H15N3OS/c1-8(9-3-2-4-12-5-9)14-11(15)10-6-16-7-13-10/h2-5,8,10,13H,6-7H2,1H3,(H,14,15)/t8-,10?/m0/s1. The van der Waals surface area contributed by atoms with Crippen LogP contribution in [0.25, 0.3) is 0 Å². The molecule has 86 valence electrons. The van der Waals surface area contributed by atoms with Crippen molar-refractivity contribution in [2.24, 2.45) is 0 Å². The van der Waals surface area contributed by atoms with Gasteiger partial charge < -0.3 is 5.32 Å². The van der Waals surface area contributed by atoms with E-state index in [9.17, 15) is 4.79 Å². The molecule has 2 heterocycles. The maximum Gasteiger partial charge on any atom is 0.238 e. The van der Waals surface area contributed by atoms with Crippen molar-refractivity contribution in [3.63, 3.8) is 0 Å². The van der Waals surface area contributed by atoms with Gasteiger partial charge in [-0.1, -0.05) is 6.07 Å². The van der Waals surface area contributed by atoms with Crippen LogP contribution in [0.5, 0.6) is 0 Å². The number of thioether (sulfide) groups is 1. The second-order valence-electron chi connectivity index (χ2n) is 3.79. The molecule has 0 radical (unpaired) electrons. The third-order valence-corrected chi connectivity index (χ3v) is 3.52. The molecule has 1 aromatic rings. The molecular formula is C11H15N3OS.